The first-order valence-corrected chi connectivity index (χ1v) is 8.41. The van der Waals surface area contributed by atoms with Crippen LogP contribution in [0.2, 0.25) is 0 Å². The quantitative estimate of drug-likeness (QED) is 0.849. The Balaban J connectivity index is 2.06. The monoisotopic (exact) mass is 365 g/mol. The van der Waals surface area contributed by atoms with E-state index in [1.807, 2.05) is 4.72 Å². The maximum Gasteiger partial charge on any atom is 0.416 e. The number of nitrogens with zero attached hydrogens (tertiary/aromatic N) is 1. The maximum atomic E-state index is 12.6. The zero-order chi connectivity index (χ0) is 17.1. The first-order chi connectivity index (χ1) is 10.7. The number of nitrogens with one attached hydrogen (secondary N) is 2. The molecule has 11 heteroatoms. The molecule has 124 valence electrons. The topological polar surface area (TPSA) is 88.2 Å². The lowest BCUT2D eigenvalue weighted by Gasteiger charge is -2.10. The third-order valence-corrected chi connectivity index (χ3v) is 4.66. The van der Waals surface area contributed by atoms with Gasteiger partial charge in [-0.2, -0.15) is 13.2 Å². The fourth-order valence-corrected chi connectivity index (χ4v) is 3.10. The molecule has 0 saturated carbocycles. The minimum Gasteiger partial charge on any atom is -0.301 e. The number of halogens is 3. The van der Waals surface area contributed by atoms with E-state index in [9.17, 15) is 26.4 Å². The van der Waals surface area contributed by atoms with Gasteiger partial charge >= 0.3 is 6.18 Å². The van der Waals surface area contributed by atoms with Gasteiger partial charge in [-0.05, 0) is 18.2 Å². The molecule has 0 atom stereocenters. The number of carbonyl (C=O) groups excluding carboxylic acids is 1. The number of amides is 1. The van der Waals surface area contributed by atoms with Gasteiger partial charge in [-0.15, -0.1) is 11.3 Å². The van der Waals surface area contributed by atoms with Gasteiger partial charge in [-0.25, -0.2) is 18.1 Å². The van der Waals surface area contributed by atoms with Crippen molar-refractivity contribution < 1.29 is 26.4 Å². The number of hydrogen-bond donors (Lipinski definition) is 2. The van der Waals surface area contributed by atoms with E-state index in [4.69, 9.17) is 0 Å². The van der Waals surface area contributed by atoms with Crippen LogP contribution in [0.3, 0.4) is 0 Å². The van der Waals surface area contributed by atoms with Crippen molar-refractivity contribution in [1.82, 2.24) is 9.71 Å². The van der Waals surface area contributed by atoms with Gasteiger partial charge in [0.05, 0.1) is 17.0 Å². The van der Waals surface area contributed by atoms with Gasteiger partial charge in [0, 0.05) is 11.6 Å². The normalized spacial score (nSPS) is 12.1. The van der Waals surface area contributed by atoms with Gasteiger partial charge in [-0.1, -0.05) is 6.07 Å². The maximum absolute atomic E-state index is 12.6. The van der Waals surface area contributed by atoms with E-state index in [-0.39, 0.29) is 5.13 Å². The van der Waals surface area contributed by atoms with Crippen LogP contribution in [-0.4, -0.2) is 25.9 Å². The van der Waals surface area contributed by atoms with Gasteiger partial charge in [0.2, 0.25) is 15.9 Å². The Kier molecular flexibility index (Phi) is 5.02. The van der Waals surface area contributed by atoms with Crippen molar-refractivity contribution in [3.05, 3.63) is 41.4 Å². The largest absolute Gasteiger partial charge is 0.416 e. The van der Waals surface area contributed by atoms with Crippen molar-refractivity contribution in [3.63, 3.8) is 0 Å². The number of hydrogen-bond acceptors (Lipinski definition) is 5. The molecular formula is C12H10F3N3O3S2. The molecule has 1 amide bonds. The predicted octanol–water partition coefficient (Wildman–Crippen LogP) is 2.08. The molecule has 23 heavy (non-hydrogen) atoms. The van der Waals surface area contributed by atoms with Gasteiger partial charge in [0.25, 0.3) is 0 Å². The number of sulfonamides is 1. The van der Waals surface area contributed by atoms with Crippen LogP contribution in [0, 0.1) is 0 Å². The molecule has 0 aliphatic heterocycles. The van der Waals surface area contributed by atoms with Gasteiger partial charge in [0.15, 0.2) is 5.13 Å². The third kappa shape index (κ3) is 4.74. The average molecular weight is 365 g/mol. The summed E-state index contributed by atoms with van der Waals surface area (Å²) in [5.74, 6) is -0.685. The number of anilines is 1. The number of alkyl halides is 3. The molecule has 0 aliphatic rings. The summed E-state index contributed by atoms with van der Waals surface area (Å²) in [6, 6.07) is 3.25. The lowest BCUT2D eigenvalue weighted by Crippen LogP contribution is -2.33. The van der Waals surface area contributed by atoms with E-state index >= 15 is 0 Å². The van der Waals surface area contributed by atoms with Crippen LogP contribution in [0.4, 0.5) is 18.3 Å². The van der Waals surface area contributed by atoms with Crippen LogP contribution in [0.25, 0.3) is 0 Å². The summed E-state index contributed by atoms with van der Waals surface area (Å²) in [5, 5.41) is 4.24. The second-order valence-electron chi connectivity index (χ2n) is 4.24. The van der Waals surface area contributed by atoms with Crippen molar-refractivity contribution in [2.45, 2.75) is 11.1 Å². The minimum absolute atomic E-state index is 0.285. The van der Waals surface area contributed by atoms with E-state index in [1.165, 1.54) is 6.20 Å². The van der Waals surface area contributed by atoms with Gasteiger partial charge in [0.1, 0.15) is 0 Å². The Morgan fingerprint density at radius 1 is 1.30 bits per heavy atom. The number of thiazole rings is 1. The van der Waals surface area contributed by atoms with E-state index in [2.05, 4.69) is 10.3 Å². The molecule has 0 saturated heterocycles. The molecule has 1 heterocycles. The summed E-state index contributed by atoms with van der Waals surface area (Å²) < 4.78 is 63.6. The van der Waals surface area contributed by atoms with E-state index in [0.717, 1.165) is 29.5 Å². The second kappa shape index (κ2) is 6.64. The molecule has 0 bridgehead atoms. The van der Waals surface area contributed by atoms with E-state index < -0.39 is 39.1 Å². The summed E-state index contributed by atoms with van der Waals surface area (Å²) in [5.41, 5.74) is -1.09. The summed E-state index contributed by atoms with van der Waals surface area (Å²) in [6.45, 7) is -0.627. The number of carbonyl (C=O) groups is 1. The third-order valence-electron chi connectivity index (χ3n) is 2.57. The van der Waals surface area contributed by atoms with Crippen LogP contribution in [0.15, 0.2) is 40.7 Å². The van der Waals surface area contributed by atoms with Crippen molar-refractivity contribution in [1.29, 1.82) is 0 Å². The highest BCUT2D eigenvalue weighted by atomic mass is 32.2. The van der Waals surface area contributed by atoms with E-state index in [0.29, 0.717) is 6.07 Å². The van der Waals surface area contributed by atoms with Crippen LogP contribution in [-0.2, 0) is 21.0 Å². The van der Waals surface area contributed by atoms with Crippen molar-refractivity contribution in [2.75, 3.05) is 11.9 Å². The van der Waals surface area contributed by atoms with Crippen molar-refractivity contribution in [3.8, 4) is 0 Å². The summed E-state index contributed by atoms with van der Waals surface area (Å²) in [6.07, 6.45) is -3.21. The molecule has 0 fully saturated rings. The van der Waals surface area contributed by atoms with Crippen molar-refractivity contribution >= 4 is 32.4 Å². The minimum atomic E-state index is -4.66. The molecule has 6 nitrogen and oxygen atoms in total. The highest BCUT2D eigenvalue weighted by Gasteiger charge is 2.31. The molecule has 2 aromatic rings. The Labute approximate surface area is 133 Å². The first-order valence-electron chi connectivity index (χ1n) is 6.05. The van der Waals surface area contributed by atoms with Gasteiger partial charge < -0.3 is 5.32 Å². The Morgan fingerprint density at radius 2 is 2.04 bits per heavy atom. The number of benzene rings is 1. The summed E-state index contributed by atoms with van der Waals surface area (Å²) >= 11 is 1.14. The van der Waals surface area contributed by atoms with Crippen LogP contribution >= 0.6 is 11.3 Å². The molecule has 1 aromatic heterocycles. The molecule has 2 rings (SSSR count). The first kappa shape index (κ1) is 17.4. The molecule has 1 aromatic carbocycles. The number of aromatic nitrogens is 1. The van der Waals surface area contributed by atoms with E-state index in [1.54, 1.807) is 5.38 Å². The Hall–Kier alpha value is -1.98. The lowest BCUT2D eigenvalue weighted by molar-refractivity contribution is -0.137. The summed E-state index contributed by atoms with van der Waals surface area (Å²) in [4.78, 5) is 14.8. The smallest absolute Gasteiger partial charge is 0.301 e. The highest BCUT2D eigenvalue weighted by Crippen LogP contribution is 2.30. The van der Waals surface area contributed by atoms with Crippen LogP contribution < -0.4 is 10.0 Å². The molecule has 0 spiro atoms. The Morgan fingerprint density at radius 3 is 2.65 bits per heavy atom. The average Bonchev–Trinajstić information content (AvgIpc) is 2.97. The van der Waals surface area contributed by atoms with Crippen LogP contribution in [0.1, 0.15) is 5.56 Å². The molecule has 0 unspecified atom stereocenters. The molecule has 0 aliphatic carbocycles. The summed E-state index contributed by atoms with van der Waals surface area (Å²) in [7, 11) is -4.24. The van der Waals surface area contributed by atoms with Gasteiger partial charge in [-0.3, -0.25) is 4.79 Å². The molecular weight excluding hydrogens is 355 g/mol. The molecule has 2 N–H and O–H groups in total. The molecule has 0 radical (unpaired) electrons. The Bertz CT molecular complexity index is 789. The van der Waals surface area contributed by atoms with Crippen LogP contribution in [0.5, 0.6) is 0 Å². The standard InChI is InChI=1S/C12H10F3N3O3S2/c13-12(14,15)8-2-1-3-9(6-8)23(20,21)17-7-10(19)18-11-16-4-5-22-11/h1-6,17H,7H2,(H,16,18,19). The lowest BCUT2D eigenvalue weighted by atomic mass is 10.2. The zero-order valence-corrected chi connectivity index (χ0v) is 12.9. The fourth-order valence-electron chi connectivity index (χ4n) is 1.53. The second-order valence-corrected chi connectivity index (χ2v) is 6.90. The SMILES string of the molecule is O=C(CNS(=O)(=O)c1cccc(C(F)(F)F)c1)Nc1nccs1. The fraction of sp³-hybridized carbons (Fsp3) is 0.167. The number of rotatable bonds is 5. The zero-order valence-electron chi connectivity index (χ0n) is 11.3. The highest BCUT2D eigenvalue weighted by molar-refractivity contribution is 7.89. The predicted molar refractivity (Wildman–Crippen MR) is 77.4 cm³/mol. The van der Waals surface area contributed by atoms with Crippen molar-refractivity contribution in [2.24, 2.45) is 0 Å².